The highest BCUT2D eigenvalue weighted by Gasteiger charge is 2.30. The molecule has 0 bridgehead atoms. The molecule has 3 heteroatoms. The van der Waals surface area contributed by atoms with Crippen LogP contribution in [0.25, 0.3) is 0 Å². The second kappa shape index (κ2) is 5.69. The van der Waals surface area contributed by atoms with Crippen LogP contribution in [-0.4, -0.2) is 31.5 Å². The molecule has 1 unspecified atom stereocenters. The summed E-state index contributed by atoms with van der Waals surface area (Å²) in [5.41, 5.74) is 5.72. The Hall–Kier alpha value is -0.120. The van der Waals surface area contributed by atoms with E-state index >= 15 is 0 Å². The van der Waals surface area contributed by atoms with Gasteiger partial charge in [-0.3, -0.25) is 0 Å². The van der Waals surface area contributed by atoms with E-state index in [0.29, 0.717) is 12.5 Å². The van der Waals surface area contributed by atoms with E-state index < -0.39 is 0 Å². The Kier molecular flexibility index (Phi) is 4.85. The molecule has 1 aliphatic heterocycles. The summed E-state index contributed by atoms with van der Waals surface area (Å²) < 4.78 is 5.32. The molecule has 1 saturated heterocycles. The van der Waals surface area contributed by atoms with E-state index in [0.717, 1.165) is 38.9 Å². The highest BCUT2D eigenvalue weighted by molar-refractivity contribution is 4.82. The molecule has 0 radical (unpaired) electrons. The number of nitrogens with two attached hydrogens (primary N) is 1. The van der Waals surface area contributed by atoms with Crippen molar-refractivity contribution in [3.05, 3.63) is 0 Å². The first-order valence-corrected chi connectivity index (χ1v) is 5.65. The summed E-state index contributed by atoms with van der Waals surface area (Å²) in [5.74, 6) is 0.694. The molecule has 0 aromatic carbocycles. The van der Waals surface area contributed by atoms with Gasteiger partial charge in [-0.25, -0.2) is 0 Å². The maximum atomic E-state index is 9.40. The van der Waals surface area contributed by atoms with Crippen molar-refractivity contribution in [2.24, 2.45) is 17.1 Å². The van der Waals surface area contributed by atoms with Gasteiger partial charge >= 0.3 is 0 Å². The fourth-order valence-corrected chi connectivity index (χ4v) is 2.18. The average Bonchev–Trinajstić information content (AvgIpc) is 2.28. The third-order valence-electron chi connectivity index (χ3n) is 3.58. The van der Waals surface area contributed by atoms with Crippen LogP contribution in [0.4, 0.5) is 0 Å². The molecule has 0 aromatic heterocycles. The molecular formula is C11H23NO2. The smallest absolute Gasteiger partial charge is 0.0499 e. The molecule has 84 valence electrons. The highest BCUT2D eigenvalue weighted by Crippen LogP contribution is 2.33. The topological polar surface area (TPSA) is 55.5 Å². The highest BCUT2D eigenvalue weighted by atomic mass is 16.5. The van der Waals surface area contributed by atoms with Gasteiger partial charge in [-0.05, 0) is 31.6 Å². The van der Waals surface area contributed by atoms with Gasteiger partial charge in [-0.1, -0.05) is 6.92 Å². The van der Waals surface area contributed by atoms with Gasteiger partial charge in [0.2, 0.25) is 0 Å². The molecule has 1 fully saturated rings. The summed E-state index contributed by atoms with van der Waals surface area (Å²) in [6, 6.07) is 0. The Morgan fingerprint density at radius 2 is 2.07 bits per heavy atom. The van der Waals surface area contributed by atoms with Gasteiger partial charge in [0.25, 0.3) is 0 Å². The Morgan fingerprint density at radius 1 is 1.43 bits per heavy atom. The molecule has 14 heavy (non-hydrogen) atoms. The number of aliphatic hydroxyl groups is 1. The van der Waals surface area contributed by atoms with Gasteiger partial charge in [-0.2, -0.15) is 0 Å². The van der Waals surface area contributed by atoms with Crippen LogP contribution in [0.5, 0.6) is 0 Å². The predicted octanol–water partition coefficient (Wildman–Crippen LogP) is 1.15. The van der Waals surface area contributed by atoms with Gasteiger partial charge in [0.05, 0.1) is 0 Å². The van der Waals surface area contributed by atoms with Gasteiger partial charge in [0, 0.05) is 31.8 Å². The third kappa shape index (κ3) is 2.94. The number of hydrogen-bond acceptors (Lipinski definition) is 3. The number of hydrogen-bond donors (Lipinski definition) is 2. The van der Waals surface area contributed by atoms with E-state index in [1.54, 1.807) is 0 Å². The lowest BCUT2D eigenvalue weighted by Crippen LogP contribution is -2.36. The fourth-order valence-electron chi connectivity index (χ4n) is 2.18. The third-order valence-corrected chi connectivity index (χ3v) is 3.58. The summed E-state index contributed by atoms with van der Waals surface area (Å²) in [5, 5.41) is 9.40. The lowest BCUT2D eigenvalue weighted by Gasteiger charge is -2.34. The van der Waals surface area contributed by atoms with Crippen LogP contribution in [0.1, 0.15) is 32.6 Å². The molecule has 1 heterocycles. The average molecular weight is 201 g/mol. The summed E-state index contributed by atoms with van der Waals surface area (Å²) in [7, 11) is 0. The molecule has 0 saturated carbocycles. The second-order valence-corrected chi connectivity index (χ2v) is 4.48. The quantitative estimate of drug-likeness (QED) is 0.701. The van der Waals surface area contributed by atoms with Crippen molar-refractivity contribution < 1.29 is 9.84 Å². The zero-order valence-electron chi connectivity index (χ0n) is 9.17. The maximum Gasteiger partial charge on any atom is 0.0499 e. The minimum atomic E-state index is -0.0397. The minimum absolute atomic E-state index is 0.0397. The van der Waals surface area contributed by atoms with Crippen LogP contribution in [0.2, 0.25) is 0 Å². The molecular weight excluding hydrogens is 178 g/mol. The first-order chi connectivity index (χ1) is 6.76. The van der Waals surface area contributed by atoms with Crippen molar-refractivity contribution in [1.29, 1.82) is 0 Å². The van der Waals surface area contributed by atoms with Crippen molar-refractivity contribution in [2.75, 3.05) is 26.4 Å². The summed E-state index contributed by atoms with van der Waals surface area (Å²) >= 11 is 0. The molecule has 3 N–H and O–H groups in total. The van der Waals surface area contributed by atoms with E-state index in [9.17, 15) is 5.11 Å². The van der Waals surface area contributed by atoms with E-state index in [1.807, 2.05) is 0 Å². The first-order valence-electron chi connectivity index (χ1n) is 5.65. The molecule has 1 atom stereocenters. The van der Waals surface area contributed by atoms with E-state index in [1.165, 1.54) is 0 Å². The molecule has 0 amide bonds. The monoisotopic (exact) mass is 201 g/mol. The molecule has 0 aromatic rings. The van der Waals surface area contributed by atoms with Crippen LogP contribution in [-0.2, 0) is 4.74 Å². The van der Waals surface area contributed by atoms with Gasteiger partial charge in [0.15, 0.2) is 0 Å². The maximum absolute atomic E-state index is 9.40. The van der Waals surface area contributed by atoms with Crippen LogP contribution >= 0.6 is 0 Å². The van der Waals surface area contributed by atoms with Crippen LogP contribution in [0.3, 0.4) is 0 Å². The van der Waals surface area contributed by atoms with Crippen LogP contribution in [0.15, 0.2) is 0 Å². The first kappa shape index (κ1) is 12.0. The molecule has 1 rings (SSSR count). The zero-order valence-corrected chi connectivity index (χ0v) is 9.17. The Bertz CT molecular complexity index is 143. The molecule has 1 aliphatic rings. The number of aliphatic hydroxyl groups excluding tert-OH is 1. The number of ether oxygens (including phenoxy) is 1. The molecule has 0 aliphatic carbocycles. The fraction of sp³-hybridized carbons (Fsp3) is 1.00. The van der Waals surface area contributed by atoms with E-state index in [2.05, 4.69) is 6.92 Å². The summed E-state index contributed by atoms with van der Waals surface area (Å²) in [4.78, 5) is 0. The van der Waals surface area contributed by atoms with Crippen molar-refractivity contribution >= 4 is 0 Å². The van der Waals surface area contributed by atoms with E-state index in [-0.39, 0.29) is 12.0 Å². The van der Waals surface area contributed by atoms with Crippen LogP contribution < -0.4 is 5.73 Å². The van der Waals surface area contributed by atoms with Crippen molar-refractivity contribution in [3.8, 4) is 0 Å². The van der Waals surface area contributed by atoms with Crippen molar-refractivity contribution in [2.45, 2.75) is 32.6 Å². The van der Waals surface area contributed by atoms with Crippen molar-refractivity contribution in [1.82, 2.24) is 0 Å². The molecule has 0 spiro atoms. The molecule has 3 nitrogen and oxygen atoms in total. The van der Waals surface area contributed by atoms with Gasteiger partial charge in [-0.15, -0.1) is 0 Å². The normalized spacial score (nSPS) is 23.4. The number of rotatable bonds is 5. The van der Waals surface area contributed by atoms with Gasteiger partial charge in [0.1, 0.15) is 0 Å². The SMILES string of the molecule is CCC(CN)(CO)CC1CCOCC1. The predicted molar refractivity (Wildman–Crippen MR) is 57.0 cm³/mol. The Morgan fingerprint density at radius 3 is 2.50 bits per heavy atom. The zero-order chi connectivity index (χ0) is 10.4. The van der Waals surface area contributed by atoms with E-state index in [4.69, 9.17) is 10.5 Å². The van der Waals surface area contributed by atoms with Crippen LogP contribution in [0, 0.1) is 11.3 Å². The standard InChI is InChI=1S/C11H23NO2/c1-2-11(8-12,9-13)7-10-3-5-14-6-4-10/h10,13H,2-9,12H2,1H3. The minimum Gasteiger partial charge on any atom is -0.396 e. The second-order valence-electron chi connectivity index (χ2n) is 4.48. The summed E-state index contributed by atoms with van der Waals surface area (Å²) in [6.45, 7) is 4.68. The Labute approximate surface area is 86.6 Å². The lowest BCUT2D eigenvalue weighted by molar-refractivity contribution is 0.0310. The largest absolute Gasteiger partial charge is 0.396 e. The lowest BCUT2D eigenvalue weighted by atomic mass is 9.75. The summed E-state index contributed by atoms with van der Waals surface area (Å²) in [6.07, 6.45) is 4.28. The van der Waals surface area contributed by atoms with Gasteiger partial charge < -0.3 is 15.6 Å². The van der Waals surface area contributed by atoms with Crippen molar-refractivity contribution in [3.63, 3.8) is 0 Å². The Balaban J connectivity index is 2.44.